The minimum Gasteiger partial charge on any atom is -0.254 e. The van der Waals surface area contributed by atoms with Crippen LogP contribution in [0.3, 0.4) is 0 Å². The Bertz CT molecular complexity index is 804. The number of aryl methyl sites for hydroxylation is 1. The molecule has 0 unspecified atom stereocenters. The van der Waals surface area contributed by atoms with Gasteiger partial charge in [0.05, 0.1) is 11.2 Å². The first-order valence-electron chi connectivity index (χ1n) is 6.91. The van der Waals surface area contributed by atoms with E-state index in [1.54, 1.807) is 0 Å². The Balaban J connectivity index is 1.93. The average Bonchev–Trinajstić information content (AvgIpc) is 2.55. The van der Waals surface area contributed by atoms with Crippen LogP contribution in [-0.4, -0.2) is 10.7 Å². The van der Waals surface area contributed by atoms with Gasteiger partial charge in [0.25, 0.3) is 0 Å². The molecule has 2 heteroatoms. The highest BCUT2D eigenvalue weighted by atomic mass is 14.8. The smallest absolute Gasteiger partial charge is 0.0961 e. The average molecular weight is 258 g/mol. The summed E-state index contributed by atoms with van der Waals surface area (Å²) in [4.78, 5) is 9.41. The molecule has 1 aliphatic rings. The van der Waals surface area contributed by atoms with E-state index in [1.165, 1.54) is 11.1 Å². The van der Waals surface area contributed by atoms with Crippen molar-refractivity contribution in [2.75, 3.05) is 0 Å². The highest BCUT2D eigenvalue weighted by Crippen LogP contribution is 2.33. The Morgan fingerprint density at radius 1 is 0.800 bits per heavy atom. The molecule has 0 radical (unpaired) electrons. The van der Waals surface area contributed by atoms with Crippen LogP contribution in [0.25, 0.3) is 10.9 Å². The van der Waals surface area contributed by atoms with E-state index in [0.717, 1.165) is 35.1 Å². The minimum absolute atomic E-state index is 0.995. The number of fused-ring (bicyclic) bond motifs is 3. The molecule has 1 aromatic heterocycles. The molecule has 0 aliphatic carbocycles. The monoisotopic (exact) mass is 258 g/mol. The van der Waals surface area contributed by atoms with Crippen molar-refractivity contribution in [1.29, 1.82) is 0 Å². The Labute approximate surface area is 117 Å². The van der Waals surface area contributed by atoms with Crippen LogP contribution in [0.5, 0.6) is 0 Å². The van der Waals surface area contributed by atoms with Gasteiger partial charge in [0, 0.05) is 17.3 Å². The predicted molar refractivity (Wildman–Crippen MR) is 82.7 cm³/mol. The quantitative estimate of drug-likeness (QED) is 0.638. The summed E-state index contributed by atoms with van der Waals surface area (Å²) in [6, 6.07) is 18.8. The molecule has 0 saturated heterocycles. The van der Waals surface area contributed by atoms with Crippen molar-refractivity contribution in [1.82, 2.24) is 4.98 Å². The third-order valence-electron chi connectivity index (χ3n) is 3.82. The lowest BCUT2D eigenvalue weighted by Crippen LogP contribution is -2.07. The van der Waals surface area contributed by atoms with Gasteiger partial charge in [-0.3, -0.25) is 9.98 Å². The number of hydrogen-bond acceptors (Lipinski definition) is 2. The van der Waals surface area contributed by atoms with Gasteiger partial charge in [-0.2, -0.15) is 0 Å². The van der Waals surface area contributed by atoms with E-state index in [-0.39, 0.29) is 0 Å². The largest absolute Gasteiger partial charge is 0.254 e. The zero-order valence-corrected chi connectivity index (χ0v) is 11.1. The fourth-order valence-corrected chi connectivity index (χ4v) is 2.78. The maximum atomic E-state index is 4.90. The van der Waals surface area contributed by atoms with E-state index < -0.39 is 0 Å². The van der Waals surface area contributed by atoms with Crippen LogP contribution in [0.1, 0.15) is 17.5 Å². The summed E-state index contributed by atoms with van der Waals surface area (Å²) in [5.74, 6) is 0. The highest BCUT2D eigenvalue weighted by molar-refractivity contribution is 6.06. The number of nitrogens with zero attached hydrogens (tertiary/aromatic N) is 2. The molecular formula is C18H14N2. The minimum atomic E-state index is 0.995. The molecule has 2 nitrogen and oxygen atoms in total. The Kier molecular flexibility index (Phi) is 2.59. The third-order valence-corrected chi connectivity index (χ3v) is 3.82. The second kappa shape index (κ2) is 4.57. The molecule has 0 spiro atoms. The molecule has 2 aromatic carbocycles. The Morgan fingerprint density at radius 2 is 1.70 bits per heavy atom. The number of aliphatic imine (C=N–C) groups is 1. The van der Waals surface area contributed by atoms with Crippen LogP contribution < -0.4 is 0 Å². The molecule has 1 aliphatic heterocycles. The van der Waals surface area contributed by atoms with Crippen LogP contribution in [0.2, 0.25) is 0 Å². The van der Waals surface area contributed by atoms with Gasteiger partial charge in [-0.15, -0.1) is 0 Å². The molecule has 20 heavy (non-hydrogen) atoms. The fraction of sp³-hybridized carbons (Fsp3) is 0.111. The van der Waals surface area contributed by atoms with E-state index in [4.69, 9.17) is 4.99 Å². The van der Waals surface area contributed by atoms with Crippen LogP contribution in [0.4, 0.5) is 5.69 Å². The van der Waals surface area contributed by atoms with Gasteiger partial charge in [0.2, 0.25) is 0 Å². The summed E-state index contributed by atoms with van der Waals surface area (Å²) in [5.41, 5.74) is 5.74. The van der Waals surface area contributed by atoms with Crippen molar-refractivity contribution in [3.63, 3.8) is 0 Å². The first-order chi connectivity index (χ1) is 9.92. The zero-order valence-electron chi connectivity index (χ0n) is 11.1. The molecule has 0 N–H and O–H groups in total. The van der Waals surface area contributed by atoms with Crippen LogP contribution in [0, 0.1) is 0 Å². The molecule has 0 saturated carbocycles. The van der Waals surface area contributed by atoms with Gasteiger partial charge < -0.3 is 0 Å². The molecule has 0 bridgehead atoms. The Morgan fingerprint density at radius 3 is 2.60 bits per heavy atom. The Hall–Kier alpha value is -2.48. The molecule has 0 amide bonds. The lowest BCUT2D eigenvalue weighted by molar-refractivity contribution is 1.01. The number of pyridine rings is 1. The van der Waals surface area contributed by atoms with Crippen molar-refractivity contribution in [3.8, 4) is 0 Å². The first kappa shape index (κ1) is 11.4. The second-order valence-electron chi connectivity index (χ2n) is 5.07. The van der Waals surface area contributed by atoms with Crippen molar-refractivity contribution in [3.05, 3.63) is 71.9 Å². The lowest BCUT2D eigenvalue weighted by atomic mass is 9.96. The van der Waals surface area contributed by atoms with Gasteiger partial charge >= 0.3 is 0 Å². The number of hydrogen-bond donors (Lipinski definition) is 0. The molecule has 2 heterocycles. The van der Waals surface area contributed by atoms with Crippen molar-refractivity contribution in [2.24, 2.45) is 4.99 Å². The molecule has 0 atom stereocenters. The van der Waals surface area contributed by atoms with Gasteiger partial charge in [0.1, 0.15) is 0 Å². The summed E-state index contributed by atoms with van der Waals surface area (Å²) < 4.78 is 0. The summed E-state index contributed by atoms with van der Waals surface area (Å²) >= 11 is 0. The SMILES string of the molecule is c1ccc(C2=Nc3c(ccc4cccnc34)CC2)cc1. The van der Waals surface area contributed by atoms with E-state index in [1.807, 2.05) is 18.3 Å². The van der Waals surface area contributed by atoms with Gasteiger partial charge in [-0.05, 0) is 30.0 Å². The van der Waals surface area contributed by atoms with Crippen molar-refractivity contribution < 1.29 is 0 Å². The fourth-order valence-electron chi connectivity index (χ4n) is 2.78. The van der Waals surface area contributed by atoms with Gasteiger partial charge in [-0.25, -0.2) is 0 Å². The predicted octanol–water partition coefficient (Wildman–Crippen LogP) is 4.30. The van der Waals surface area contributed by atoms with Crippen LogP contribution in [0.15, 0.2) is 65.8 Å². The van der Waals surface area contributed by atoms with E-state index in [9.17, 15) is 0 Å². The number of rotatable bonds is 1. The van der Waals surface area contributed by atoms with E-state index in [0.29, 0.717) is 0 Å². The van der Waals surface area contributed by atoms with Gasteiger partial charge in [0.15, 0.2) is 0 Å². The molecule has 0 fully saturated rings. The topological polar surface area (TPSA) is 25.2 Å². The van der Waals surface area contributed by atoms with Crippen LogP contribution in [-0.2, 0) is 6.42 Å². The molecule has 96 valence electrons. The summed E-state index contributed by atoms with van der Waals surface area (Å²) in [6.07, 6.45) is 3.87. The van der Waals surface area contributed by atoms with E-state index in [2.05, 4.69) is 47.4 Å². The molecule has 3 aromatic rings. The number of aromatic nitrogens is 1. The summed E-state index contributed by atoms with van der Waals surface area (Å²) in [6.45, 7) is 0. The second-order valence-corrected chi connectivity index (χ2v) is 5.07. The maximum Gasteiger partial charge on any atom is 0.0961 e. The van der Waals surface area contributed by atoms with Crippen LogP contribution >= 0.6 is 0 Å². The standard InChI is InChI=1S/C18H14N2/c1-2-5-13(6-3-1)16-11-10-15-9-8-14-7-4-12-19-17(14)18(15)20-16/h1-9,12H,10-11H2. The number of benzene rings is 2. The van der Waals surface area contributed by atoms with E-state index >= 15 is 0 Å². The lowest BCUT2D eigenvalue weighted by Gasteiger charge is -2.17. The third kappa shape index (κ3) is 1.81. The maximum absolute atomic E-state index is 4.90. The zero-order chi connectivity index (χ0) is 13.4. The van der Waals surface area contributed by atoms with Crippen molar-refractivity contribution >= 4 is 22.3 Å². The molecular weight excluding hydrogens is 244 g/mol. The van der Waals surface area contributed by atoms with Gasteiger partial charge in [-0.1, -0.05) is 48.5 Å². The molecule has 4 rings (SSSR count). The normalized spacial score (nSPS) is 13.9. The first-order valence-corrected chi connectivity index (χ1v) is 6.91. The highest BCUT2D eigenvalue weighted by Gasteiger charge is 2.16. The van der Waals surface area contributed by atoms with Crippen molar-refractivity contribution in [2.45, 2.75) is 12.8 Å². The summed E-state index contributed by atoms with van der Waals surface area (Å²) in [7, 11) is 0. The summed E-state index contributed by atoms with van der Waals surface area (Å²) in [5, 5.41) is 1.16.